The maximum atomic E-state index is 12.1. The molecule has 1 aliphatic rings. The van der Waals surface area contributed by atoms with Gasteiger partial charge in [-0.25, -0.2) is 13.4 Å². The molecule has 1 amide bonds. The molecule has 1 aromatic heterocycles. The molecule has 1 unspecified atom stereocenters. The van der Waals surface area contributed by atoms with Crippen molar-refractivity contribution in [2.75, 3.05) is 30.4 Å². The Bertz CT molecular complexity index is 618. The average Bonchev–Trinajstić information content (AvgIpc) is 2.76. The van der Waals surface area contributed by atoms with E-state index in [0.29, 0.717) is 24.3 Å². The standard InChI is InChI=1S/C12H16ClN3O3S/c1-14-11-4-9(10(13)6-15-11)12(17)16-5-8-2-3-20(18,19)7-8/h4,6,8H,2-3,5,7H2,1H3,(H,14,15)(H,16,17). The molecule has 0 spiro atoms. The number of nitrogens with one attached hydrogen (secondary N) is 2. The van der Waals surface area contributed by atoms with Crippen molar-refractivity contribution in [3.05, 3.63) is 22.8 Å². The quantitative estimate of drug-likeness (QED) is 0.863. The Morgan fingerprint density at radius 2 is 2.30 bits per heavy atom. The second kappa shape index (κ2) is 5.97. The summed E-state index contributed by atoms with van der Waals surface area (Å²) in [6.45, 7) is 0.339. The van der Waals surface area contributed by atoms with E-state index in [1.54, 1.807) is 13.1 Å². The van der Waals surface area contributed by atoms with Crippen LogP contribution in [0.25, 0.3) is 0 Å². The molecule has 0 radical (unpaired) electrons. The van der Waals surface area contributed by atoms with Crippen molar-refractivity contribution >= 4 is 33.2 Å². The molecule has 1 aromatic rings. The van der Waals surface area contributed by atoms with E-state index >= 15 is 0 Å². The molecule has 2 rings (SSSR count). The molecule has 2 N–H and O–H groups in total. The molecule has 20 heavy (non-hydrogen) atoms. The summed E-state index contributed by atoms with van der Waals surface area (Å²) in [7, 11) is -1.23. The van der Waals surface area contributed by atoms with E-state index in [-0.39, 0.29) is 28.4 Å². The molecule has 0 saturated carbocycles. The molecule has 1 fully saturated rings. The van der Waals surface area contributed by atoms with Gasteiger partial charge in [0.25, 0.3) is 5.91 Å². The summed E-state index contributed by atoms with van der Waals surface area (Å²) in [6.07, 6.45) is 2.00. The van der Waals surface area contributed by atoms with Gasteiger partial charge in [0.05, 0.1) is 22.1 Å². The van der Waals surface area contributed by atoms with Gasteiger partial charge in [-0.2, -0.15) is 0 Å². The highest BCUT2D eigenvalue weighted by Crippen LogP contribution is 2.19. The van der Waals surface area contributed by atoms with Crippen LogP contribution in [0.1, 0.15) is 16.8 Å². The maximum absolute atomic E-state index is 12.1. The molecule has 110 valence electrons. The van der Waals surface area contributed by atoms with Gasteiger partial charge >= 0.3 is 0 Å². The fourth-order valence-electron chi connectivity index (χ4n) is 2.11. The Kier molecular flexibility index (Phi) is 4.49. The number of carbonyl (C=O) groups excluding carboxylic acids is 1. The lowest BCUT2D eigenvalue weighted by molar-refractivity contribution is 0.0948. The first-order chi connectivity index (χ1) is 9.41. The SMILES string of the molecule is CNc1cc(C(=O)NCC2CCS(=O)(=O)C2)c(Cl)cn1. The number of amides is 1. The Morgan fingerprint density at radius 1 is 1.55 bits per heavy atom. The highest BCUT2D eigenvalue weighted by Gasteiger charge is 2.28. The molecular weight excluding hydrogens is 302 g/mol. The molecule has 2 heterocycles. The minimum Gasteiger partial charge on any atom is -0.373 e. The van der Waals surface area contributed by atoms with Crippen molar-refractivity contribution < 1.29 is 13.2 Å². The first kappa shape index (κ1) is 15.1. The molecule has 1 aliphatic heterocycles. The van der Waals surface area contributed by atoms with Crippen LogP contribution in [0.4, 0.5) is 5.82 Å². The molecule has 0 aliphatic carbocycles. The highest BCUT2D eigenvalue weighted by molar-refractivity contribution is 7.91. The van der Waals surface area contributed by atoms with Crippen molar-refractivity contribution in [1.29, 1.82) is 0 Å². The summed E-state index contributed by atoms with van der Waals surface area (Å²) in [5, 5.41) is 5.82. The first-order valence-corrected chi connectivity index (χ1v) is 8.43. The van der Waals surface area contributed by atoms with E-state index < -0.39 is 9.84 Å². The van der Waals surface area contributed by atoms with E-state index in [2.05, 4.69) is 15.6 Å². The van der Waals surface area contributed by atoms with Crippen molar-refractivity contribution in [2.24, 2.45) is 5.92 Å². The largest absolute Gasteiger partial charge is 0.373 e. The van der Waals surface area contributed by atoms with Crippen LogP contribution in [0.2, 0.25) is 5.02 Å². The molecule has 8 heteroatoms. The second-order valence-electron chi connectivity index (χ2n) is 4.78. The van der Waals surface area contributed by atoms with Crippen LogP contribution >= 0.6 is 11.6 Å². The predicted molar refractivity (Wildman–Crippen MR) is 77.9 cm³/mol. The first-order valence-electron chi connectivity index (χ1n) is 6.23. The van der Waals surface area contributed by atoms with Gasteiger partial charge in [-0.05, 0) is 18.4 Å². The zero-order chi connectivity index (χ0) is 14.8. The van der Waals surface area contributed by atoms with Crippen LogP contribution in [-0.4, -0.2) is 44.4 Å². The Morgan fingerprint density at radius 3 is 2.90 bits per heavy atom. The third-order valence-corrected chi connectivity index (χ3v) is 5.37. The van der Waals surface area contributed by atoms with Crippen LogP contribution in [0.3, 0.4) is 0 Å². The van der Waals surface area contributed by atoms with Gasteiger partial charge in [-0.15, -0.1) is 0 Å². The predicted octanol–water partition coefficient (Wildman–Crippen LogP) is 0.941. The summed E-state index contributed by atoms with van der Waals surface area (Å²) in [4.78, 5) is 16.0. The Hall–Kier alpha value is -1.34. The van der Waals surface area contributed by atoms with Crippen molar-refractivity contribution in [3.8, 4) is 0 Å². The van der Waals surface area contributed by atoms with E-state index in [1.165, 1.54) is 6.20 Å². The van der Waals surface area contributed by atoms with Gasteiger partial charge < -0.3 is 10.6 Å². The number of pyridine rings is 1. The molecule has 1 atom stereocenters. The van der Waals surface area contributed by atoms with E-state index in [1.807, 2.05) is 0 Å². The zero-order valence-corrected chi connectivity index (χ0v) is 12.6. The van der Waals surface area contributed by atoms with Crippen LogP contribution in [0, 0.1) is 5.92 Å². The number of hydrogen-bond donors (Lipinski definition) is 2. The molecule has 0 aromatic carbocycles. The Labute approximate surface area is 122 Å². The van der Waals surface area contributed by atoms with Gasteiger partial charge in [0, 0.05) is 19.8 Å². The van der Waals surface area contributed by atoms with Gasteiger partial charge in [0.2, 0.25) is 0 Å². The van der Waals surface area contributed by atoms with Crippen LogP contribution in [0.15, 0.2) is 12.3 Å². The molecule has 6 nitrogen and oxygen atoms in total. The second-order valence-corrected chi connectivity index (χ2v) is 7.41. The van der Waals surface area contributed by atoms with Gasteiger partial charge in [-0.1, -0.05) is 11.6 Å². The summed E-state index contributed by atoms with van der Waals surface area (Å²) < 4.78 is 22.7. The summed E-state index contributed by atoms with van der Waals surface area (Å²) >= 11 is 5.94. The molecular formula is C12H16ClN3O3S. The smallest absolute Gasteiger partial charge is 0.253 e. The van der Waals surface area contributed by atoms with Gasteiger partial charge in [0.15, 0.2) is 9.84 Å². The summed E-state index contributed by atoms with van der Waals surface area (Å²) in [6, 6.07) is 1.56. The number of rotatable bonds is 4. The van der Waals surface area contributed by atoms with Crippen molar-refractivity contribution in [2.45, 2.75) is 6.42 Å². The number of carbonyl (C=O) groups is 1. The lowest BCUT2D eigenvalue weighted by Crippen LogP contribution is -2.30. The van der Waals surface area contributed by atoms with E-state index in [4.69, 9.17) is 11.6 Å². The summed E-state index contributed by atoms with van der Waals surface area (Å²) in [5.41, 5.74) is 0.326. The van der Waals surface area contributed by atoms with Crippen LogP contribution in [-0.2, 0) is 9.84 Å². The average molecular weight is 318 g/mol. The van der Waals surface area contributed by atoms with Crippen molar-refractivity contribution in [1.82, 2.24) is 10.3 Å². The zero-order valence-electron chi connectivity index (χ0n) is 11.0. The summed E-state index contributed by atoms with van der Waals surface area (Å²) in [5.74, 6) is 0.543. The Balaban J connectivity index is 1.99. The molecule has 0 bridgehead atoms. The lowest BCUT2D eigenvalue weighted by Gasteiger charge is -2.11. The third-order valence-electron chi connectivity index (χ3n) is 3.23. The van der Waals surface area contributed by atoms with Gasteiger partial charge in [-0.3, -0.25) is 4.79 Å². The maximum Gasteiger partial charge on any atom is 0.253 e. The number of hydrogen-bond acceptors (Lipinski definition) is 5. The van der Waals surface area contributed by atoms with E-state index in [9.17, 15) is 13.2 Å². The number of aromatic nitrogens is 1. The number of nitrogens with zero attached hydrogens (tertiary/aromatic N) is 1. The third kappa shape index (κ3) is 3.61. The monoisotopic (exact) mass is 317 g/mol. The topological polar surface area (TPSA) is 88.2 Å². The minimum atomic E-state index is -2.92. The van der Waals surface area contributed by atoms with Crippen molar-refractivity contribution in [3.63, 3.8) is 0 Å². The number of sulfone groups is 1. The minimum absolute atomic E-state index is 0.0201. The lowest BCUT2D eigenvalue weighted by atomic mass is 10.1. The highest BCUT2D eigenvalue weighted by atomic mass is 35.5. The van der Waals surface area contributed by atoms with E-state index in [0.717, 1.165) is 0 Å². The number of halogens is 1. The fraction of sp³-hybridized carbons (Fsp3) is 0.500. The number of anilines is 1. The van der Waals surface area contributed by atoms with Gasteiger partial charge in [0.1, 0.15) is 5.82 Å². The van der Waals surface area contributed by atoms with Crippen LogP contribution < -0.4 is 10.6 Å². The molecule has 1 saturated heterocycles. The van der Waals surface area contributed by atoms with Crippen LogP contribution in [0.5, 0.6) is 0 Å². The fourth-order valence-corrected chi connectivity index (χ4v) is 4.17. The normalized spacial score (nSPS) is 20.6.